The van der Waals surface area contributed by atoms with Gasteiger partial charge in [-0.25, -0.2) is 13.8 Å². The molecule has 1 N–H and O–H groups in total. The summed E-state index contributed by atoms with van der Waals surface area (Å²) in [6, 6.07) is 7.80. The number of carbonyl (C=O) groups is 1. The van der Waals surface area contributed by atoms with Crippen LogP contribution in [-0.2, 0) is 13.2 Å². The van der Waals surface area contributed by atoms with Crippen LogP contribution in [0.25, 0.3) is 17.1 Å². The van der Waals surface area contributed by atoms with Gasteiger partial charge in [-0.15, -0.1) is 0 Å². The van der Waals surface area contributed by atoms with Crippen LogP contribution >= 0.6 is 0 Å². The van der Waals surface area contributed by atoms with Crippen molar-refractivity contribution < 1.29 is 45.0 Å². The number of likely N-dealkylation sites (tertiary alicyclic amines) is 1. The molecule has 1 amide bonds. The third kappa shape index (κ3) is 6.29. The van der Waals surface area contributed by atoms with Gasteiger partial charge in [-0.1, -0.05) is 0 Å². The van der Waals surface area contributed by atoms with Crippen molar-refractivity contribution in [2.45, 2.75) is 37.7 Å². The standard InChI is InChI=1S/C32H29F7N6O4/c1-42-14-17-6-7-18(15-42)44(17)24-11-10-21(32(37,38)39)28(40-24)45-30(47)26(41-29(46)16-4-8-19(9-5-16)49-31(35)36)27(43(45)2)25-22(33)12-20(48-3)13-23(25)34/h4-5,8-13,17-18,31H,6-7,14-15H2,1-3H3,(H,41,46). The number of nitrogens with one attached hydrogen (secondary N) is 1. The normalized spacial score (nSPS) is 17.9. The second kappa shape index (κ2) is 12.8. The van der Waals surface area contributed by atoms with Crippen molar-refractivity contribution in [3.63, 3.8) is 0 Å². The summed E-state index contributed by atoms with van der Waals surface area (Å²) < 4.78 is 110. The topological polar surface area (TPSA) is 93.9 Å². The first-order valence-corrected chi connectivity index (χ1v) is 14.9. The Morgan fingerprint density at radius 3 is 2.12 bits per heavy atom. The number of carbonyl (C=O) groups excluding carboxylic acids is 1. The minimum Gasteiger partial charge on any atom is -0.497 e. The molecule has 2 atom stereocenters. The van der Waals surface area contributed by atoms with Gasteiger partial charge in [0.1, 0.15) is 45.9 Å². The van der Waals surface area contributed by atoms with Crippen molar-refractivity contribution in [2.75, 3.05) is 37.5 Å². The third-order valence-corrected chi connectivity index (χ3v) is 8.63. The number of anilines is 2. The number of nitrogens with zero attached hydrogens (tertiary/aromatic N) is 5. The number of amides is 1. The van der Waals surface area contributed by atoms with Crippen LogP contribution in [-0.4, -0.2) is 71.1 Å². The zero-order chi connectivity index (χ0) is 35.4. The van der Waals surface area contributed by atoms with Gasteiger partial charge < -0.3 is 24.6 Å². The van der Waals surface area contributed by atoms with E-state index in [1.807, 2.05) is 11.9 Å². The van der Waals surface area contributed by atoms with Crippen LogP contribution in [0.3, 0.4) is 0 Å². The number of rotatable bonds is 8. The van der Waals surface area contributed by atoms with E-state index in [0.717, 1.165) is 74.1 Å². The SMILES string of the molecule is COc1cc(F)c(-c2c(NC(=O)c3ccc(OC(F)F)cc3)c(=O)n(-c3nc(N4C5CCC4CN(C)C5)ccc3C(F)(F)F)n2C)c(F)c1. The molecule has 6 rings (SSSR count). The maximum Gasteiger partial charge on any atom is 0.420 e. The lowest BCUT2D eigenvalue weighted by Gasteiger charge is -2.40. The predicted octanol–water partition coefficient (Wildman–Crippen LogP) is 5.68. The van der Waals surface area contributed by atoms with E-state index in [4.69, 9.17) is 4.74 Å². The largest absolute Gasteiger partial charge is 0.497 e. The Balaban J connectivity index is 1.54. The number of ether oxygens (including phenoxy) is 2. The molecule has 2 saturated heterocycles. The highest BCUT2D eigenvalue weighted by molar-refractivity contribution is 6.06. The maximum atomic E-state index is 15.6. The number of likely N-dealkylation sites (N-methyl/N-ethyl adjacent to an activating group) is 1. The number of methoxy groups -OCH3 is 1. The summed E-state index contributed by atoms with van der Waals surface area (Å²) in [7, 11) is 4.20. The molecule has 17 heteroatoms. The lowest BCUT2D eigenvalue weighted by atomic mass is 10.1. The van der Waals surface area contributed by atoms with Gasteiger partial charge in [0.05, 0.1) is 12.7 Å². The Labute approximate surface area is 274 Å². The molecule has 0 aliphatic carbocycles. The molecule has 2 aromatic carbocycles. The average Bonchev–Trinajstić information content (AvgIpc) is 3.44. The summed E-state index contributed by atoms with van der Waals surface area (Å²) in [6.45, 7) is -1.85. The minimum absolute atomic E-state index is 0.0450. The molecule has 4 heterocycles. The van der Waals surface area contributed by atoms with Gasteiger partial charge in [0.25, 0.3) is 11.5 Å². The first-order chi connectivity index (χ1) is 23.2. The quantitative estimate of drug-likeness (QED) is 0.238. The van der Waals surface area contributed by atoms with Crippen LogP contribution in [0.15, 0.2) is 53.3 Å². The Kier molecular flexibility index (Phi) is 8.81. The summed E-state index contributed by atoms with van der Waals surface area (Å²) in [6.07, 6.45) is -3.46. The van der Waals surface area contributed by atoms with Gasteiger partial charge in [0.15, 0.2) is 5.82 Å². The van der Waals surface area contributed by atoms with Crippen LogP contribution in [0.5, 0.6) is 11.5 Å². The molecule has 2 aromatic heterocycles. The van der Waals surface area contributed by atoms with E-state index in [2.05, 4.69) is 19.9 Å². The fraction of sp³-hybridized carbons (Fsp3) is 0.344. The number of hydrogen-bond donors (Lipinski definition) is 1. The average molecular weight is 695 g/mol. The number of fused-ring (bicyclic) bond motifs is 2. The summed E-state index contributed by atoms with van der Waals surface area (Å²) in [5, 5.41) is 2.26. The second-order valence-corrected chi connectivity index (χ2v) is 11.7. The van der Waals surface area contributed by atoms with Crippen molar-refractivity contribution in [1.82, 2.24) is 19.2 Å². The molecule has 0 spiro atoms. The Morgan fingerprint density at radius 2 is 1.57 bits per heavy atom. The third-order valence-electron chi connectivity index (χ3n) is 8.63. The summed E-state index contributed by atoms with van der Waals surface area (Å²) >= 11 is 0. The predicted molar refractivity (Wildman–Crippen MR) is 164 cm³/mol. The van der Waals surface area contributed by atoms with Crippen LogP contribution in [0, 0.1) is 11.6 Å². The van der Waals surface area contributed by atoms with E-state index in [-0.39, 0.29) is 35.0 Å². The summed E-state index contributed by atoms with van der Waals surface area (Å²) in [4.78, 5) is 35.9. The van der Waals surface area contributed by atoms with E-state index in [1.54, 1.807) is 0 Å². The van der Waals surface area contributed by atoms with E-state index < -0.39 is 64.2 Å². The van der Waals surface area contributed by atoms with Gasteiger partial charge in [0, 0.05) is 49.9 Å². The Morgan fingerprint density at radius 1 is 0.959 bits per heavy atom. The molecule has 10 nitrogen and oxygen atoms in total. The van der Waals surface area contributed by atoms with Crippen LogP contribution in [0.4, 0.5) is 42.2 Å². The second-order valence-electron chi connectivity index (χ2n) is 11.7. The summed E-state index contributed by atoms with van der Waals surface area (Å²) in [5.74, 6) is -4.75. The molecule has 0 saturated carbocycles. The number of halogens is 7. The zero-order valence-electron chi connectivity index (χ0n) is 26.2. The first-order valence-electron chi connectivity index (χ1n) is 14.9. The molecule has 2 aliphatic rings. The molecule has 2 unspecified atom stereocenters. The van der Waals surface area contributed by atoms with Crippen molar-refractivity contribution in [3.05, 3.63) is 81.6 Å². The highest BCUT2D eigenvalue weighted by Crippen LogP contribution is 2.40. The number of benzene rings is 2. The minimum atomic E-state index is -5.02. The van der Waals surface area contributed by atoms with Gasteiger partial charge in [-0.2, -0.15) is 26.6 Å². The van der Waals surface area contributed by atoms with Crippen LogP contribution in [0.1, 0.15) is 28.8 Å². The van der Waals surface area contributed by atoms with Crippen molar-refractivity contribution in [2.24, 2.45) is 7.05 Å². The molecular formula is C32H29F7N6O4. The molecular weight excluding hydrogens is 665 g/mol. The Bertz CT molecular complexity index is 1920. The number of pyridine rings is 1. The fourth-order valence-electron chi connectivity index (χ4n) is 6.56. The molecule has 2 bridgehead atoms. The highest BCUT2D eigenvalue weighted by Gasteiger charge is 2.42. The van der Waals surface area contributed by atoms with Crippen LogP contribution < -0.4 is 25.2 Å². The molecule has 49 heavy (non-hydrogen) atoms. The molecule has 0 radical (unpaired) electrons. The lowest BCUT2D eigenvalue weighted by Crippen LogP contribution is -2.52. The molecule has 2 aliphatic heterocycles. The van der Waals surface area contributed by atoms with Crippen molar-refractivity contribution >= 4 is 17.4 Å². The van der Waals surface area contributed by atoms with E-state index in [9.17, 15) is 31.5 Å². The van der Waals surface area contributed by atoms with Crippen molar-refractivity contribution in [3.8, 4) is 28.6 Å². The molecule has 4 aromatic rings. The number of piperazine rings is 1. The van der Waals surface area contributed by atoms with E-state index >= 15 is 8.78 Å². The first kappa shape index (κ1) is 33.8. The van der Waals surface area contributed by atoms with E-state index in [0.29, 0.717) is 17.8 Å². The fourth-order valence-corrected chi connectivity index (χ4v) is 6.56. The van der Waals surface area contributed by atoms with Gasteiger partial charge in [-0.3, -0.25) is 14.3 Å². The number of alkyl halides is 5. The van der Waals surface area contributed by atoms with Gasteiger partial charge in [0.2, 0.25) is 0 Å². The van der Waals surface area contributed by atoms with Gasteiger partial charge in [-0.05, 0) is 56.3 Å². The monoisotopic (exact) mass is 694 g/mol. The van der Waals surface area contributed by atoms with E-state index in [1.165, 1.54) is 6.07 Å². The number of aromatic nitrogens is 3. The van der Waals surface area contributed by atoms with Gasteiger partial charge >= 0.3 is 12.8 Å². The summed E-state index contributed by atoms with van der Waals surface area (Å²) in [5.41, 5.74) is -5.03. The maximum absolute atomic E-state index is 15.6. The smallest absolute Gasteiger partial charge is 0.420 e. The Hall–Kier alpha value is -5.06. The molecule has 260 valence electrons. The molecule has 2 fully saturated rings. The van der Waals surface area contributed by atoms with Crippen molar-refractivity contribution in [1.29, 1.82) is 0 Å². The zero-order valence-corrected chi connectivity index (χ0v) is 26.2. The number of hydrogen-bond acceptors (Lipinski definition) is 7. The lowest BCUT2D eigenvalue weighted by molar-refractivity contribution is -0.137. The van der Waals surface area contributed by atoms with Crippen LogP contribution in [0.2, 0.25) is 0 Å². The highest BCUT2D eigenvalue weighted by atomic mass is 19.4.